The Morgan fingerprint density at radius 1 is 1.15 bits per heavy atom. The summed E-state index contributed by atoms with van der Waals surface area (Å²) in [5.74, 6) is 0. The van der Waals surface area contributed by atoms with Gasteiger partial charge >= 0.3 is 6.18 Å². The van der Waals surface area contributed by atoms with Crippen molar-refractivity contribution in [3.05, 3.63) is 35.4 Å². The lowest BCUT2D eigenvalue weighted by atomic mass is 10.1. The molecule has 0 aliphatic heterocycles. The van der Waals surface area contributed by atoms with Crippen molar-refractivity contribution in [2.75, 3.05) is 33.4 Å². The maximum absolute atomic E-state index is 12.5. The molecule has 0 radical (unpaired) electrons. The van der Waals surface area contributed by atoms with E-state index in [4.69, 9.17) is 10.5 Å². The molecule has 1 aromatic carbocycles. The van der Waals surface area contributed by atoms with E-state index in [9.17, 15) is 13.2 Å². The molecule has 0 aromatic heterocycles. The number of nitrogens with zero attached hydrogens (tertiary/aromatic N) is 1. The van der Waals surface area contributed by atoms with Crippen molar-refractivity contribution < 1.29 is 17.9 Å². The zero-order valence-corrected chi connectivity index (χ0v) is 11.6. The molecule has 0 saturated heterocycles. The van der Waals surface area contributed by atoms with Crippen molar-refractivity contribution in [1.29, 1.82) is 0 Å². The number of benzene rings is 1. The van der Waals surface area contributed by atoms with E-state index in [-0.39, 0.29) is 0 Å². The molecule has 0 atom stereocenters. The van der Waals surface area contributed by atoms with Gasteiger partial charge in [0.2, 0.25) is 0 Å². The highest BCUT2D eigenvalue weighted by Crippen LogP contribution is 2.29. The van der Waals surface area contributed by atoms with Crippen molar-refractivity contribution in [1.82, 2.24) is 4.90 Å². The van der Waals surface area contributed by atoms with Gasteiger partial charge < -0.3 is 10.5 Å². The van der Waals surface area contributed by atoms with Crippen LogP contribution >= 0.6 is 0 Å². The molecule has 1 aromatic rings. The highest BCUT2D eigenvalue weighted by atomic mass is 19.4. The number of methoxy groups -OCH3 is 1. The SMILES string of the molecule is COCCN(CCCN)Cc1ccc(C(F)(F)F)cc1. The summed E-state index contributed by atoms with van der Waals surface area (Å²) in [6.45, 7) is 3.32. The Morgan fingerprint density at radius 2 is 1.80 bits per heavy atom. The second-order valence-corrected chi connectivity index (χ2v) is 4.61. The van der Waals surface area contributed by atoms with E-state index < -0.39 is 11.7 Å². The van der Waals surface area contributed by atoms with E-state index in [1.807, 2.05) is 0 Å². The molecule has 20 heavy (non-hydrogen) atoms. The summed E-state index contributed by atoms with van der Waals surface area (Å²) in [6, 6.07) is 5.27. The Balaban J connectivity index is 2.62. The van der Waals surface area contributed by atoms with Crippen LogP contribution in [0.1, 0.15) is 17.5 Å². The average molecular weight is 290 g/mol. The quantitative estimate of drug-likeness (QED) is 0.799. The Hall–Kier alpha value is -1.11. The molecule has 0 aliphatic rings. The number of rotatable bonds is 8. The predicted octanol–water partition coefficient (Wildman–Crippen LogP) is 2.50. The van der Waals surface area contributed by atoms with E-state index in [1.54, 1.807) is 7.11 Å². The van der Waals surface area contributed by atoms with Gasteiger partial charge in [-0.25, -0.2) is 0 Å². The number of nitrogens with two attached hydrogens (primary N) is 1. The normalized spacial score (nSPS) is 12.1. The van der Waals surface area contributed by atoms with Crippen LogP contribution < -0.4 is 5.73 Å². The summed E-state index contributed by atoms with van der Waals surface area (Å²) in [5, 5.41) is 0. The Morgan fingerprint density at radius 3 is 2.30 bits per heavy atom. The van der Waals surface area contributed by atoms with Crippen LogP contribution in [-0.4, -0.2) is 38.3 Å². The van der Waals surface area contributed by atoms with Gasteiger partial charge in [-0.1, -0.05) is 12.1 Å². The van der Waals surface area contributed by atoms with Gasteiger partial charge in [-0.15, -0.1) is 0 Å². The lowest BCUT2D eigenvalue weighted by molar-refractivity contribution is -0.137. The summed E-state index contributed by atoms with van der Waals surface area (Å²) < 4.78 is 42.5. The van der Waals surface area contributed by atoms with Gasteiger partial charge in [-0.3, -0.25) is 4.90 Å². The molecule has 114 valence electrons. The molecule has 1 rings (SSSR count). The Labute approximate surface area is 117 Å². The number of hydrogen-bond donors (Lipinski definition) is 1. The Bertz CT molecular complexity index is 371. The molecule has 0 spiro atoms. The molecule has 0 heterocycles. The van der Waals surface area contributed by atoms with Crippen LogP contribution in [-0.2, 0) is 17.5 Å². The smallest absolute Gasteiger partial charge is 0.383 e. The van der Waals surface area contributed by atoms with Crippen LogP contribution in [0.5, 0.6) is 0 Å². The van der Waals surface area contributed by atoms with Gasteiger partial charge in [0.25, 0.3) is 0 Å². The third-order valence-corrected chi connectivity index (χ3v) is 2.98. The molecule has 0 unspecified atom stereocenters. The van der Waals surface area contributed by atoms with Gasteiger partial charge in [0.15, 0.2) is 0 Å². The fourth-order valence-corrected chi connectivity index (χ4v) is 1.86. The fraction of sp³-hybridized carbons (Fsp3) is 0.571. The van der Waals surface area contributed by atoms with Crippen LogP contribution in [0.25, 0.3) is 0 Å². The van der Waals surface area contributed by atoms with Crippen LogP contribution in [0, 0.1) is 0 Å². The van der Waals surface area contributed by atoms with Gasteiger partial charge in [0.05, 0.1) is 12.2 Å². The maximum Gasteiger partial charge on any atom is 0.416 e. The first-order chi connectivity index (χ1) is 9.47. The molecule has 0 bridgehead atoms. The molecule has 0 amide bonds. The molecule has 6 heteroatoms. The topological polar surface area (TPSA) is 38.5 Å². The number of ether oxygens (including phenoxy) is 1. The molecular weight excluding hydrogens is 269 g/mol. The predicted molar refractivity (Wildman–Crippen MR) is 72.3 cm³/mol. The summed E-state index contributed by atoms with van der Waals surface area (Å²) in [7, 11) is 1.62. The van der Waals surface area contributed by atoms with Gasteiger partial charge in [0, 0.05) is 20.2 Å². The molecule has 0 aliphatic carbocycles. The van der Waals surface area contributed by atoms with Gasteiger partial charge in [0.1, 0.15) is 0 Å². The standard InChI is InChI=1S/C14H21F3N2O/c1-20-10-9-19(8-2-7-18)11-12-3-5-13(6-4-12)14(15,16)17/h3-6H,2,7-11,18H2,1H3. The van der Waals surface area contributed by atoms with Crippen LogP contribution in [0.3, 0.4) is 0 Å². The van der Waals surface area contributed by atoms with Crippen molar-refractivity contribution in [2.45, 2.75) is 19.1 Å². The summed E-state index contributed by atoms with van der Waals surface area (Å²) in [4.78, 5) is 2.12. The van der Waals surface area contributed by atoms with Crippen LogP contribution in [0.4, 0.5) is 13.2 Å². The van der Waals surface area contributed by atoms with Crippen molar-refractivity contribution in [3.8, 4) is 0 Å². The van der Waals surface area contributed by atoms with Crippen molar-refractivity contribution in [3.63, 3.8) is 0 Å². The summed E-state index contributed by atoms with van der Waals surface area (Å²) in [6.07, 6.45) is -3.43. The minimum absolute atomic E-state index is 0.588. The molecular formula is C14H21F3N2O. The highest BCUT2D eigenvalue weighted by molar-refractivity contribution is 5.24. The van der Waals surface area contributed by atoms with Gasteiger partial charge in [-0.05, 0) is 37.2 Å². The molecule has 2 N–H and O–H groups in total. The highest BCUT2D eigenvalue weighted by Gasteiger charge is 2.29. The third-order valence-electron chi connectivity index (χ3n) is 2.98. The van der Waals surface area contributed by atoms with E-state index in [0.717, 1.165) is 37.2 Å². The average Bonchev–Trinajstić information content (AvgIpc) is 2.41. The van der Waals surface area contributed by atoms with Crippen molar-refractivity contribution >= 4 is 0 Å². The van der Waals surface area contributed by atoms with Crippen molar-refractivity contribution in [2.24, 2.45) is 5.73 Å². The second-order valence-electron chi connectivity index (χ2n) is 4.61. The lowest BCUT2D eigenvalue weighted by Gasteiger charge is -2.22. The summed E-state index contributed by atoms with van der Waals surface area (Å²) in [5.41, 5.74) is 5.72. The fourth-order valence-electron chi connectivity index (χ4n) is 1.86. The molecule has 0 saturated carbocycles. The first kappa shape index (κ1) is 16.9. The first-order valence-electron chi connectivity index (χ1n) is 6.55. The van der Waals surface area contributed by atoms with E-state index >= 15 is 0 Å². The second kappa shape index (κ2) is 8.24. The zero-order valence-electron chi connectivity index (χ0n) is 11.6. The minimum atomic E-state index is -4.28. The largest absolute Gasteiger partial charge is 0.416 e. The van der Waals surface area contributed by atoms with E-state index in [0.29, 0.717) is 19.7 Å². The molecule has 3 nitrogen and oxygen atoms in total. The summed E-state index contributed by atoms with van der Waals surface area (Å²) >= 11 is 0. The number of halogens is 3. The third kappa shape index (κ3) is 5.90. The monoisotopic (exact) mass is 290 g/mol. The van der Waals surface area contributed by atoms with Crippen LogP contribution in [0.2, 0.25) is 0 Å². The minimum Gasteiger partial charge on any atom is -0.383 e. The maximum atomic E-state index is 12.5. The molecule has 0 fully saturated rings. The first-order valence-corrected chi connectivity index (χ1v) is 6.55. The van der Waals surface area contributed by atoms with E-state index in [2.05, 4.69) is 4.90 Å². The Kier molecular flexibility index (Phi) is 6.98. The zero-order chi connectivity index (χ0) is 15.0. The lowest BCUT2D eigenvalue weighted by Crippen LogP contribution is -2.29. The number of hydrogen-bond acceptors (Lipinski definition) is 3. The van der Waals surface area contributed by atoms with Gasteiger partial charge in [-0.2, -0.15) is 13.2 Å². The number of alkyl halides is 3. The van der Waals surface area contributed by atoms with E-state index in [1.165, 1.54) is 12.1 Å². The van der Waals surface area contributed by atoms with Crippen LogP contribution in [0.15, 0.2) is 24.3 Å².